The van der Waals surface area contributed by atoms with Crippen molar-refractivity contribution in [3.63, 3.8) is 0 Å². The highest BCUT2D eigenvalue weighted by Crippen LogP contribution is 2.32. The number of nitrogens with two attached hydrogens (primary N) is 1. The van der Waals surface area contributed by atoms with Gasteiger partial charge in [0.15, 0.2) is 0 Å². The number of anilines is 1. The van der Waals surface area contributed by atoms with Crippen molar-refractivity contribution in [3.8, 4) is 5.75 Å². The average Bonchev–Trinajstić information content (AvgIpc) is 2.52. The fraction of sp³-hybridized carbons (Fsp3) is 0.0625. The van der Waals surface area contributed by atoms with Crippen LogP contribution in [0.1, 0.15) is 5.56 Å². The Morgan fingerprint density at radius 2 is 1.84 bits per heavy atom. The molecule has 0 bridgehead atoms. The summed E-state index contributed by atoms with van der Waals surface area (Å²) < 4.78 is 27.6. The predicted octanol–water partition coefficient (Wildman–Crippen LogP) is 3.30. The Morgan fingerprint density at radius 3 is 2.40 bits per heavy atom. The molecule has 0 aromatic heterocycles. The van der Waals surface area contributed by atoms with E-state index in [0.717, 1.165) is 0 Å². The van der Waals surface area contributed by atoms with Gasteiger partial charge < -0.3 is 10.1 Å². The Morgan fingerprint density at radius 1 is 1.20 bits per heavy atom. The number of methoxy groups -OCH3 is 1. The first-order valence-corrected chi connectivity index (χ1v) is 9.16. The van der Waals surface area contributed by atoms with Gasteiger partial charge in [-0.25, -0.2) is 13.6 Å². The second kappa shape index (κ2) is 7.88. The molecule has 6 nitrogen and oxygen atoms in total. The zero-order valence-corrected chi connectivity index (χ0v) is 15.3. The molecule has 1 amide bonds. The molecule has 0 aliphatic heterocycles. The van der Waals surface area contributed by atoms with Crippen molar-refractivity contribution in [2.75, 3.05) is 12.4 Å². The number of rotatable bonds is 5. The van der Waals surface area contributed by atoms with Crippen LogP contribution in [0.15, 0.2) is 47.4 Å². The lowest BCUT2D eigenvalue weighted by atomic mass is 10.2. The van der Waals surface area contributed by atoms with Crippen molar-refractivity contribution in [1.82, 2.24) is 0 Å². The molecule has 0 aliphatic rings. The average molecular weight is 401 g/mol. The van der Waals surface area contributed by atoms with Gasteiger partial charge in [0, 0.05) is 22.3 Å². The molecule has 0 radical (unpaired) electrons. The number of ether oxygens (including phenoxy) is 1. The van der Waals surface area contributed by atoms with Crippen LogP contribution in [-0.2, 0) is 14.8 Å². The van der Waals surface area contributed by atoms with Gasteiger partial charge in [0.05, 0.1) is 17.0 Å². The number of carbonyl (C=O) groups is 1. The normalized spacial score (nSPS) is 11.5. The molecule has 0 heterocycles. The maximum absolute atomic E-state index is 12.0. The van der Waals surface area contributed by atoms with Crippen LogP contribution in [0, 0.1) is 0 Å². The van der Waals surface area contributed by atoms with E-state index in [9.17, 15) is 13.2 Å². The minimum absolute atomic E-state index is 0.0423. The zero-order chi connectivity index (χ0) is 18.6. The van der Waals surface area contributed by atoms with Crippen LogP contribution < -0.4 is 15.2 Å². The third kappa shape index (κ3) is 5.20. The first kappa shape index (κ1) is 19.3. The molecule has 25 heavy (non-hydrogen) atoms. The van der Waals surface area contributed by atoms with Crippen LogP contribution in [0.2, 0.25) is 10.0 Å². The number of halogens is 2. The summed E-state index contributed by atoms with van der Waals surface area (Å²) in [5.41, 5.74) is 0.956. The van der Waals surface area contributed by atoms with Crippen molar-refractivity contribution in [2.24, 2.45) is 5.14 Å². The Hall–Kier alpha value is -2.06. The molecule has 0 unspecified atom stereocenters. The first-order chi connectivity index (χ1) is 11.7. The zero-order valence-electron chi connectivity index (χ0n) is 13.0. The number of hydrogen-bond donors (Lipinski definition) is 2. The minimum atomic E-state index is -3.78. The maximum atomic E-state index is 12.0. The molecule has 0 saturated carbocycles. The number of hydrogen-bond acceptors (Lipinski definition) is 4. The van der Waals surface area contributed by atoms with E-state index in [0.29, 0.717) is 27.0 Å². The van der Waals surface area contributed by atoms with E-state index in [1.165, 1.54) is 49.6 Å². The minimum Gasteiger partial charge on any atom is -0.495 e. The van der Waals surface area contributed by atoms with Crippen molar-refractivity contribution in [1.29, 1.82) is 0 Å². The van der Waals surface area contributed by atoms with Crippen LogP contribution in [0.4, 0.5) is 5.69 Å². The molecule has 2 aromatic carbocycles. The molecule has 0 spiro atoms. The largest absolute Gasteiger partial charge is 0.495 e. The maximum Gasteiger partial charge on any atom is 0.248 e. The first-order valence-electron chi connectivity index (χ1n) is 6.85. The SMILES string of the molecule is COc1c(Cl)cc(Cl)cc1C=CC(=O)Nc1ccc(S(N)(=O)=O)cc1. The Kier molecular flexibility index (Phi) is 6.07. The predicted molar refractivity (Wildman–Crippen MR) is 98.5 cm³/mol. The van der Waals surface area contributed by atoms with E-state index in [4.69, 9.17) is 33.1 Å². The highest BCUT2D eigenvalue weighted by atomic mass is 35.5. The molecule has 9 heteroatoms. The van der Waals surface area contributed by atoms with Gasteiger partial charge in [-0.15, -0.1) is 0 Å². The van der Waals surface area contributed by atoms with Crippen molar-refractivity contribution in [3.05, 3.63) is 58.1 Å². The van der Waals surface area contributed by atoms with Gasteiger partial charge >= 0.3 is 0 Å². The monoisotopic (exact) mass is 400 g/mol. The highest BCUT2D eigenvalue weighted by molar-refractivity contribution is 7.89. The standard InChI is InChI=1S/C16H14Cl2N2O4S/c1-24-16-10(8-11(17)9-14(16)18)2-7-15(21)20-12-3-5-13(6-4-12)25(19,22)23/h2-9H,1H3,(H,20,21)(H2,19,22,23). The molecule has 0 saturated heterocycles. The van der Waals surface area contributed by atoms with Crippen LogP contribution >= 0.6 is 23.2 Å². The number of sulfonamides is 1. The van der Waals surface area contributed by atoms with Crippen LogP contribution in [0.3, 0.4) is 0 Å². The van der Waals surface area contributed by atoms with Gasteiger partial charge in [-0.05, 0) is 42.5 Å². The summed E-state index contributed by atoms with van der Waals surface area (Å²) in [6.07, 6.45) is 2.78. The summed E-state index contributed by atoms with van der Waals surface area (Å²) in [7, 11) is -2.32. The van der Waals surface area contributed by atoms with Gasteiger partial charge in [0.1, 0.15) is 5.75 Å². The van der Waals surface area contributed by atoms with Gasteiger partial charge in [-0.3, -0.25) is 4.79 Å². The fourth-order valence-corrected chi connectivity index (χ4v) is 3.10. The third-order valence-electron chi connectivity index (χ3n) is 3.11. The van der Waals surface area contributed by atoms with E-state index in [1.807, 2.05) is 0 Å². The molecular weight excluding hydrogens is 387 g/mol. The summed E-state index contributed by atoms with van der Waals surface area (Å²) in [4.78, 5) is 11.9. The molecule has 2 aromatic rings. The Balaban J connectivity index is 2.14. The van der Waals surface area contributed by atoms with E-state index >= 15 is 0 Å². The summed E-state index contributed by atoms with van der Waals surface area (Å²) >= 11 is 12.0. The molecular formula is C16H14Cl2N2O4S. The lowest BCUT2D eigenvalue weighted by molar-refractivity contribution is -0.111. The second-order valence-corrected chi connectivity index (χ2v) is 7.31. The van der Waals surface area contributed by atoms with E-state index in [2.05, 4.69) is 5.32 Å². The van der Waals surface area contributed by atoms with Gasteiger partial charge in [0.2, 0.25) is 15.9 Å². The van der Waals surface area contributed by atoms with Crippen LogP contribution in [0.25, 0.3) is 6.08 Å². The molecule has 0 aliphatic carbocycles. The van der Waals surface area contributed by atoms with Gasteiger partial charge in [-0.2, -0.15) is 0 Å². The lowest BCUT2D eigenvalue weighted by Crippen LogP contribution is -2.12. The van der Waals surface area contributed by atoms with E-state index in [1.54, 1.807) is 6.07 Å². The van der Waals surface area contributed by atoms with E-state index < -0.39 is 15.9 Å². The number of benzene rings is 2. The van der Waals surface area contributed by atoms with Gasteiger partial charge in [0.25, 0.3) is 0 Å². The van der Waals surface area contributed by atoms with Crippen LogP contribution in [-0.4, -0.2) is 21.4 Å². The summed E-state index contributed by atoms with van der Waals surface area (Å²) in [5.74, 6) is -0.0332. The number of nitrogens with one attached hydrogen (secondary N) is 1. The van der Waals surface area contributed by atoms with Crippen molar-refractivity contribution >= 4 is 50.9 Å². The van der Waals surface area contributed by atoms with E-state index in [-0.39, 0.29) is 4.90 Å². The molecule has 0 fully saturated rings. The molecule has 2 rings (SSSR count). The molecule has 3 N–H and O–H groups in total. The smallest absolute Gasteiger partial charge is 0.248 e. The summed E-state index contributed by atoms with van der Waals surface area (Å²) in [6, 6.07) is 8.61. The second-order valence-electron chi connectivity index (χ2n) is 4.90. The number of primary sulfonamides is 1. The topological polar surface area (TPSA) is 98.5 Å². The Bertz CT molecular complexity index is 926. The number of carbonyl (C=O) groups excluding carboxylic acids is 1. The van der Waals surface area contributed by atoms with Crippen molar-refractivity contribution in [2.45, 2.75) is 4.90 Å². The molecule has 132 valence electrons. The van der Waals surface area contributed by atoms with Crippen LogP contribution in [0.5, 0.6) is 5.75 Å². The lowest BCUT2D eigenvalue weighted by Gasteiger charge is -2.08. The summed E-state index contributed by atoms with van der Waals surface area (Å²) in [5, 5.41) is 8.34. The van der Waals surface area contributed by atoms with Crippen molar-refractivity contribution < 1.29 is 17.9 Å². The quantitative estimate of drug-likeness (QED) is 0.751. The number of amides is 1. The molecule has 0 atom stereocenters. The summed E-state index contributed by atoms with van der Waals surface area (Å²) in [6.45, 7) is 0. The Labute approximate surface area is 155 Å². The third-order valence-corrected chi connectivity index (χ3v) is 4.53. The van der Waals surface area contributed by atoms with Gasteiger partial charge in [-0.1, -0.05) is 23.2 Å². The highest BCUT2D eigenvalue weighted by Gasteiger charge is 2.09. The fourth-order valence-electron chi connectivity index (χ4n) is 2.00.